The van der Waals surface area contributed by atoms with Crippen LogP contribution in [0.2, 0.25) is 0 Å². The second kappa shape index (κ2) is 7.55. The molecule has 3 rings (SSSR count). The maximum Gasteiger partial charge on any atom is 0.272 e. The molecule has 0 saturated heterocycles. The number of carbonyl (C=O) groups excluding carboxylic acids is 2. The summed E-state index contributed by atoms with van der Waals surface area (Å²) in [6.45, 7) is 5.75. The van der Waals surface area contributed by atoms with Crippen LogP contribution in [0, 0.1) is 0 Å². The van der Waals surface area contributed by atoms with Crippen molar-refractivity contribution in [1.82, 2.24) is 24.8 Å². The van der Waals surface area contributed by atoms with Crippen LogP contribution in [0.4, 0.5) is 0 Å². The molecule has 25 heavy (non-hydrogen) atoms. The molecule has 134 valence electrons. The Morgan fingerprint density at radius 2 is 2.20 bits per heavy atom. The summed E-state index contributed by atoms with van der Waals surface area (Å²) in [6, 6.07) is 3.97. The number of aryl methyl sites for hydroxylation is 2. The predicted octanol–water partition coefficient (Wildman–Crippen LogP) is 1.71. The van der Waals surface area contributed by atoms with E-state index in [9.17, 15) is 9.59 Å². The van der Waals surface area contributed by atoms with Gasteiger partial charge in [-0.15, -0.1) is 0 Å². The lowest BCUT2D eigenvalue weighted by Gasteiger charge is -2.20. The van der Waals surface area contributed by atoms with Gasteiger partial charge in [-0.1, -0.05) is 0 Å². The predicted molar refractivity (Wildman–Crippen MR) is 94.0 cm³/mol. The van der Waals surface area contributed by atoms with E-state index in [4.69, 9.17) is 0 Å². The highest BCUT2D eigenvalue weighted by molar-refractivity contribution is 5.93. The fraction of sp³-hybridized carbons (Fsp3) is 0.500. The number of rotatable bonds is 5. The minimum Gasteiger partial charge on any atom is -0.365 e. The first kappa shape index (κ1) is 17.3. The van der Waals surface area contributed by atoms with Crippen molar-refractivity contribution in [2.75, 3.05) is 6.54 Å². The number of hydrogen-bond donors (Lipinski definition) is 2. The van der Waals surface area contributed by atoms with E-state index >= 15 is 0 Å². The fourth-order valence-electron chi connectivity index (χ4n) is 3.11. The van der Waals surface area contributed by atoms with Gasteiger partial charge in [0.1, 0.15) is 0 Å². The number of H-pyrrole nitrogens is 1. The largest absolute Gasteiger partial charge is 0.365 e. The van der Waals surface area contributed by atoms with Gasteiger partial charge in [0.05, 0.1) is 18.6 Å². The molecule has 1 aliphatic rings. The van der Waals surface area contributed by atoms with Crippen molar-refractivity contribution in [3.05, 3.63) is 41.7 Å². The quantitative estimate of drug-likeness (QED) is 0.867. The van der Waals surface area contributed by atoms with Gasteiger partial charge in [-0.25, -0.2) is 4.98 Å². The number of imidazole rings is 1. The molecule has 0 radical (unpaired) electrons. The highest BCUT2D eigenvalue weighted by atomic mass is 16.2. The highest BCUT2D eigenvalue weighted by Crippen LogP contribution is 2.17. The Balaban J connectivity index is 1.70. The molecule has 2 N–H and O–H groups in total. The highest BCUT2D eigenvalue weighted by Gasteiger charge is 2.25. The minimum absolute atomic E-state index is 0.0501. The van der Waals surface area contributed by atoms with Crippen LogP contribution >= 0.6 is 0 Å². The minimum atomic E-state index is -0.176. The third-order valence-electron chi connectivity index (χ3n) is 4.37. The molecule has 0 bridgehead atoms. The molecule has 2 amide bonds. The van der Waals surface area contributed by atoms with Crippen molar-refractivity contribution in [2.45, 2.75) is 52.2 Å². The van der Waals surface area contributed by atoms with Crippen LogP contribution in [0.1, 0.15) is 48.6 Å². The van der Waals surface area contributed by atoms with E-state index in [2.05, 4.69) is 15.3 Å². The van der Waals surface area contributed by atoms with E-state index in [1.165, 1.54) is 0 Å². The zero-order valence-corrected chi connectivity index (χ0v) is 14.8. The van der Waals surface area contributed by atoms with E-state index in [1.54, 1.807) is 6.33 Å². The van der Waals surface area contributed by atoms with Crippen LogP contribution in [0.3, 0.4) is 0 Å². The summed E-state index contributed by atoms with van der Waals surface area (Å²) in [5, 5.41) is 2.88. The van der Waals surface area contributed by atoms with Gasteiger partial charge in [0.2, 0.25) is 5.91 Å². The van der Waals surface area contributed by atoms with Crippen LogP contribution in [-0.2, 0) is 24.3 Å². The molecule has 0 atom stereocenters. The van der Waals surface area contributed by atoms with Gasteiger partial charge in [-0.3, -0.25) is 9.59 Å². The summed E-state index contributed by atoms with van der Waals surface area (Å²) in [4.78, 5) is 34.2. The topological polar surface area (TPSA) is 83.0 Å². The van der Waals surface area contributed by atoms with E-state index in [0.29, 0.717) is 31.6 Å². The summed E-state index contributed by atoms with van der Waals surface area (Å²) >= 11 is 0. The summed E-state index contributed by atoms with van der Waals surface area (Å²) in [6.07, 6.45) is 5.59. The second-order valence-electron chi connectivity index (χ2n) is 6.73. The lowest BCUT2D eigenvalue weighted by atomic mass is 10.2. The molecule has 3 heterocycles. The van der Waals surface area contributed by atoms with E-state index in [1.807, 2.05) is 41.6 Å². The zero-order valence-electron chi connectivity index (χ0n) is 14.8. The van der Waals surface area contributed by atoms with Crippen molar-refractivity contribution in [3.8, 4) is 0 Å². The maximum atomic E-state index is 12.6. The summed E-state index contributed by atoms with van der Waals surface area (Å²) in [5.41, 5.74) is 2.31. The third-order valence-corrected chi connectivity index (χ3v) is 4.37. The molecule has 0 spiro atoms. The maximum absolute atomic E-state index is 12.6. The Morgan fingerprint density at radius 3 is 2.92 bits per heavy atom. The van der Waals surface area contributed by atoms with Crippen LogP contribution in [0.15, 0.2) is 24.7 Å². The summed E-state index contributed by atoms with van der Waals surface area (Å²) in [5.74, 6) is -0.0658. The van der Waals surface area contributed by atoms with Gasteiger partial charge in [-0.05, 0) is 38.8 Å². The number of nitrogens with zero attached hydrogens (tertiary/aromatic N) is 3. The van der Waals surface area contributed by atoms with Crippen LogP contribution in [0.5, 0.6) is 0 Å². The lowest BCUT2D eigenvalue weighted by molar-refractivity contribution is -0.131. The van der Waals surface area contributed by atoms with E-state index in [-0.39, 0.29) is 17.9 Å². The van der Waals surface area contributed by atoms with Gasteiger partial charge in [0.25, 0.3) is 5.91 Å². The van der Waals surface area contributed by atoms with Crippen molar-refractivity contribution in [3.63, 3.8) is 0 Å². The van der Waals surface area contributed by atoms with E-state index in [0.717, 1.165) is 24.4 Å². The Bertz CT molecular complexity index is 733. The molecule has 0 aliphatic carbocycles. The molecule has 2 aromatic rings. The molecule has 7 heteroatoms. The number of carbonyl (C=O) groups is 2. The van der Waals surface area contributed by atoms with Crippen molar-refractivity contribution >= 4 is 11.8 Å². The Morgan fingerprint density at radius 1 is 1.36 bits per heavy atom. The number of hydrogen-bond acceptors (Lipinski definition) is 3. The number of fused-ring (bicyclic) bond motifs is 1. The summed E-state index contributed by atoms with van der Waals surface area (Å²) < 4.78 is 1.99. The second-order valence-corrected chi connectivity index (χ2v) is 6.73. The van der Waals surface area contributed by atoms with Gasteiger partial charge < -0.3 is 19.8 Å². The first-order chi connectivity index (χ1) is 12.0. The smallest absolute Gasteiger partial charge is 0.272 e. The number of amides is 2. The van der Waals surface area contributed by atoms with Crippen LogP contribution in [-0.4, -0.2) is 43.8 Å². The first-order valence-electron chi connectivity index (χ1n) is 8.79. The molecular weight excluding hydrogens is 318 g/mol. The average Bonchev–Trinajstić information content (AvgIpc) is 3.17. The van der Waals surface area contributed by atoms with Crippen molar-refractivity contribution in [1.29, 1.82) is 0 Å². The van der Waals surface area contributed by atoms with Gasteiger partial charge >= 0.3 is 0 Å². The van der Waals surface area contributed by atoms with Gasteiger partial charge in [0, 0.05) is 37.4 Å². The SMILES string of the molecule is CC(C)NC(=O)c1ncn2c1CN(C(=O)CCc1ccc[nH]1)CCC2. The molecule has 0 fully saturated rings. The fourth-order valence-corrected chi connectivity index (χ4v) is 3.11. The molecule has 0 aromatic carbocycles. The Hall–Kier alpha value is -2.57. The number of aromatic nitrogens is 3. The summed E-state index contributed by atoms with van der Waals surface area (Å²) in [7, 11) is 0. The number of aromatic amines is 1. The first-order valence-corrected chi connectivity index (χ1v) is 8.79. The molecule has 0 saturated carbocycles. The molecule has 2 aromatic heterocycles. The molecular formula is C18H25N5O2. The van der Waals surface area contributed by atoms with Crippen LogP contribution in [0.25, 0.3) is 0 Å². The van der Waals surface area contributed by atoms with Gasteiger partial charge in [0.15, 0.2) is 5.69 Å². The average molecular weight is 343 g/mol. The third kappa shape index (κ3) is 4.10. The van der Waals surface area contributed by atoms with E-state index < -0.39 is 0 Å². The van der Waals surface area contributed by atoms with Crippen molar-refractivity contribution < 1.29 is 9.59 Å². The standard InChI is InChI=1S/C18H25N5O2/c1-13(2)21-18(25)17-15-11-22(9-4-10-23(15)12-20-17)16(24)7-6-14-5-3-8-19-14/h3,5,8,12-13,19H,4,6-7,9-11H2,1-2H3,(H,21,25). The Labute approximate surface area is 147 Å². The molecule has 7 nitrogen and oxygen atoms in total. The molecule has 1 aliphatic heterocycles. The number of nitrogens with one attached hydrogen (secondary N) is 2. The normalized spacial score (nSPS) is 14.3. The zero-order chi connectivity index (χ0) is 17.8. The lowest BCUT2D eigenvalue weighted by Crippen LogP contribution is -2.34. The molecule has 0 unspecified atom stereocenters. The van der Waals surface area contributed by atoms with Crippen molar-refractivity contribution in [2.24, 2.45) is 0 Å². The van der Waals surface area contributed by atoms with Crippen LogP contribution < -0.4 is 5.32 Å². The van der Waals surface area contributed by atoms with Gasteiger partial charge in [-0.2, -0.15) is 0 Å². The Kier molecular flexibility index (Phi) is 5.21. The monoisotopic (exact) mass is 343 g/mol.